The Bertz CT molecular complexity index is 486. The number of rotatable bonds is 3. The van der Waals surface area contributed by atoms with Crippen LogP contribution in [0.25, 0.3) is 0 Å². The van der Waals surface area contributed by atoms with E-state index < -0.39 is 10.0 Å². The van der Waals surface area contributed by atoms with E-state index in [4.69, 9.17) is 17.3 Å². The molecule has 1 aliphatic heterocycles. The van der Waals surface area contributed by atoms with Crippen molar-refractivity contribution in [3.05, 3.63) is 16.5 Å². The molecule has 0 saturated carbocycles. The summed E-state index contributed by atoms with van der Waals surface area (Å²) in [6.45, 7) is 0.929. The van der Waals surface area contributed by atoms with Crippen LogP contribution in [-0.4, -0.2) is 31.9 Å². The maximum atomic E-state index is 12.4. The summed E-state index contributed by atoms with van der Waals surface area (Å²) in [4.78, 5) is 0. The van der Waals surface area contributed by atoms with Crippen LogP contribution >= 0.6 is 22.9 Å². The van der Waals surface area contributed by atoms with Gasteiger partial charge in [0.1, 0.15) is 4.21 Å². The van der Waals surface area contributed by atoms with Gasteiger partial charge in [-0.05, 0) is 25.0 Å². The Morgan fingerprint density at radius 3 is 2.82 bits per heavy atom. The molecule has 0 aliphatic carbocycles. The summed E-state index contributed by atoms with van der Waals surface area (Å²) in [5.74, 6) is 0. The zero-order chi connectivity index (χ0) is 12.5. The fourth-order valence-electron chi connectivity index (χ4n) is 2.08. The summed E-state index contributed by atoms with van der Waals surface area (Å²) >= 11 is 6.88. The van der Waals surface area contributed by atoms with E-state index in [1.54, 1.807) is 12.1 Å². The Morgan fingerprint density at radius 1 is 1.47 bits per heavy atom. The lowest BCUT2D eigenvalue weighted by Gasteiger charge is -2.33. The molecule has 96 valence electrons. The highest BCUT2D eigenvalue weighted by Gasteiger charge is 2.33. The van der Waals surface area contributed by atoms with Gasteiger partial charge in [-0.1, -0.05) is 18.0 Å². The van der Waals surface area contributed by atoms with E-state index in [-0.39, 0.29) is 6.04 Å². The number of nitrogens with zero attached hydrogens (tertiary/aromatic N) is 1. The molecular weight excluding hydrogens is 280 g/mol. The number of halogens is 1. The van der Waals surface area contributed by atoms with Gasteiger partial charge in [-0.25, -0.2) is 8.42 Å². The molecule has 2 heterocycles. The van der Waals surface area contributed by atoms with Gasteiger partial charge < -0.3 is 5.73 Å². The van der Waals surface area contributed by atoms with Gasteiger partial charge >= 0.3 is 0 Å². The molecule has 1 saturated heterocycles. The standard InChI is InChI=1S/C10H15ClN2O2S2/c11-9-4-5-10(16-9)17(14,15)13-6-2-1-3-8(13)7-12/h4-5,8H,1-3,6-7,12H2. The number of nitrogens with two attached hydrogens (primary N) is 1. The highest BCUT2D eigenvalue weighted by molar-refractivity contribution is 7.91. The number of hydrogen-bond donors (Lipinski definition) is 1. The molecule has 17 heavy (non-hydrogen) atoms. The van der Waals surface area contributed by atoms with Crippen molar-refractivity contribution in [2.75, 3.05) is 13.1 Å². The van der Waals surface area contributed by atoms with Crippen LogP contribution in [0.1, 0.15) is 19.3 Å². The van der Waals surface area contributed by atoms with Crippen molar-refractivity contribution < 1.29 is 8.42 Å². The fourth-order valence-corrected chi connectivity index (χ4v) is 5.39. The first-order valence-corrected chi connectivity index (χ1v) is 8.16. The van der Waals surface area contributed by atoms with E-state index >= 15 is 0 Å². The first-order chi connectivity index (χ1) is 8.05. The SMILES string of the molecule is NCC1CCCCN1S(=O)(=O)c1ccc(Cl)s1. The highest BCUT2D eigenvalue weighted by Crippen LogP contribution is 2.31. The largest absolute Gasteiger partial charge is 0.329 e. The van der Waals surface area contributed by atoms with Gasteiger partial charge in [0.25, 0.3) is 10.0 Å². The second-order valence-electron chi connectivity index (χ2n) is 4.06. The van der Waals surface area contributed by atoms with Crippen LogP contribution in [0.15, 0.2) is 16.3 Å². The second kappa shape index (κ2) is 5.24. The maximum Gasteiger partial charge on any atom is 0.252 e. The lowest BCUT2D eigenvalue weighted by atomic mass is 10.1. The molecule has 1 fully saturated rings. The average molecular weight is 295 g/mol. The minimum Gasteiger partial charge on any atom is -0.329 e. The Balaban J connectivity index is 2.30. The maximum absolute atomic E-state index is 12.4. The molecular formula is C10H15ClN2O2S2. The van der Waals surface area contributed by atoms with E-state index in [0.717, 1.165) is 30.6 Å². The Morgan fingerprint density at radius 2 is 2.24 bits per heavy atom. The van der Waals surface area contributed by atoms with Crippen LogP contribution in [0, 0.1) is 0 Å². The van der Waals surface area contributed by atoms with Gasteiger partial charge in [0.05, 0.1) is 4.34 Å². The third-order valence-electron chi connectivity index (χ3n) is 2.96. The van der Waals surface area contributed by atoms with Crippen LogP contribution in [-0.2, 0) is 10.0 Å². The molecule has 0 bridgehead atoms. The summed E-state index contributed by atoms with van der Waals surface area (Å²) < 4.78 is 27.1. The van der Waals surface area contributed by atoms with E-state index in [0.29, 0.717) is 21.6 Å². The van der Waals surface area contributed by atoms with Crippen molar-refractivity contribution in [3.63, 3.8) is 0 Å². The van der Waals surface area contributed by atoms with Crippen LogP contribution in [0.5, 0.6) is 0 Å². The molecule has 4 nitrogen and oxygen atoms in total. The number of thiophene rings is 1. The minimum atomic E-state index is -3.42. The van der Waals surface area contributed by atoms with Crippen molar-refractivity contribution in [1.29, 1.82) is 0 Å². The molecule has 1 atom stereocenters. The third kappa shape index (κ3) is 2.66. The van der Waals surface area contributed by atoms with Gasteiger partial charge in [0.15, 0.2) is 0 Å². The lowest BCUT2D eigenvalue weighted by Crippen LogP contribution is -2.47. The average Bonchev–Trinajstić information content (AvgIpc) is 2.76. The van der Waals surface area contributed by atoms with Crippen molar-refractivity contribution in [2.45, 2.75) is 29.5 Å². The molecule has 0 radical (unpaired) electrons. The molecule has 1 aliphatic rings. The normalized spacial score (nSPS) is 22.8. The van der Waals surface area contributed by atoms with E-state index in [2.05, 4.69) is 0 Å². The molecule has 2 rings (SSSR count). The van der Waals surface area contributed by atoms with Gasteiger partial charge in [0, 0.05) is 19.1 Å². The molecule has 7 heteroatoms. The highest BCUT2D eigenvalue weighted by atomic mass is 35.5. The van der Waals surface area contributed by atoms with Crippen LogP contribution in [0.2, 0.25) is 4.34 Å². The summed E-state index contributed by atoms with van der Waals surface area (Å²) in [5.41, 5.74) is 5.64. The first kappa shape index (κ1) is 13.3. The quantitative estimate of drug-likeness (QED) is 0.926. The predicted octanol–water partition coefficient (Wildman–Crippen LogP) is 1.90. The summed E-state index contributed by atoms with van der Waals surface area (Å²) in [6, 6.07) is 3.10. The third-order valence-corrected chi connectivity index (χ3v) is 6.61. The topological polar surface area (TPSA) is 63.4 Å². The summed E-state index contributed by atoms with van der Waals surface area (Å²) in [7, 11) is -3.42. The van der Waals surface area contributed by atoms with Gasteiger partial charge in [-0.3, -0.25) is 0 Å². The van der Waals surface area contributed by atoms with Gasteiger partial charge in [-0.15, -0.1) is 11.3 Å². The molecule has 0 amide bonds. The molecule has 1 aromatic rings. The summed E-state index contributed by atoms with van der Waals surface area (Å²) in [6.07, 6.45) is 2.78. The van der Waals surface area contributed by atoms with E-state index in [1.807, 2.05) is 0 Å². The van der Waals surface area contributed by atoms with E-state index in [1.165, 1.54) is 4.31 Å². The number of sulfonamides is 1. The first-order valence-electron chi connectivity index (χ1n) is 5.53. The zero-order valence-corrected chi connectivity index (χ0v) is 11.7. The van der Waals surface area contributed by atoms with Crippen molar-refractivity contribution >= 4 is 33.0 Å². The Hall–Kier alpha value is -0.140. The lowest BCUT2D eigenvalue weighted by molar-refractivity contribution is 0.258. The molecule has 2 N–H and O–H groups in total. The molecule has 1 unspecified atom stereocenters. The van der Waals surface area contributed by atoms with E-state index in [9.17, 15) is 8.42 Å². The second-order valence-corrected chi connectivity index (χ2v) is 7.89. The van der Waals surface area contributed by atoms with Gasteiger partial charge in [-0.2, -0.15) is 4.31 Å². The van der Waals surface area contributed by atoms with Crippen LogP contribution in [0.3, 0.4) is 0 Å². The molecule has 0 aromatic carbocycles. The van der Waals surface area contributed by atoms with Crippen molar-refractivity contribution in [2.24, 2.45) is 5.73 Å². The van der Waals surface area contributed by atoms with Gasteiger partial charge in [0.2, 0.25) is 0 Å². The minimum absolute atomic E-state index is 0.0744. The smallest absolute Gasteiger partial charge is 0.252 e. The Kier molecular flexibility index (Phi) is 4.10. The van der Waals surface area contributed by atoms with Crippen molar-refractivity contribution in [1.82, 2.24) is 4.31 Å². The molecule has 0 spiro atoms. The fraction of sp³-hybridized carbons (Fsp3) is 0.600. The predicted molar refractivity (Wildman–Crippen MR) is 69.9 cm³/mol. The Labute approximate surface area is 110 Å². The molecule has 1 aromatic heterocycles. The number of piperidine rings is 1. The van der Waals surface area contributed by atoms with Crippen LogP contribution in [0.4, 0.5) is 0 Å². The number of hydrogen-bond acceptors (Lipinski definition) is 4. The monoisotopic (exact) mass is 294 g/mol. The van der Waals surface area contributed by atoms with Crippen LogP contribution < -0.4 is 5.73 Å². The van der Waals surface area contributed by atoms with Crippen molar-refractivity contribution in [3.8, 4) is 0 Å². The zero-order valence-electron chi connectivity index (χ0n) is 9.30. The summed E-state index contributed by atoms with van der Waals surface area (Å²) in [5, 5.41) is 0.